The van der Waals surface area contributed by atoms with Gasteiger partial charge in [0.05, 0.1) is 17.7 Å². The van der Waals surface area contributed by atoms with E-state index in [1.54, 1.807) is 36.4 Å². The molecular weight excluding hydrogens is 481 g/mol. The van der Waals surface area contributed by atoms with E-state index in [0.29, 0.717) is 5.69 Å². The number of hydrogen-bond acceptors (Lipinski definition) is 5. The molecule has 0 saturated heterocycles. The Morgan fingerprint density at radius 2 is 1.64 bits per heavy atom. The molecule has 7 nitrogen and oxygen atoms in total. The van der Waals surface area contributed by atoms with E-state index >= 15 is 0 Å². The average Bonchev–Trinajstić information content (AvgIpc) is 2.76. The predicted octanol–water partition coefficient (Wildman–Crippen LogP) is 5.84. The number of alkyl halides is 3. The first kappa shape index (κ1) is 24.4. The number of nitrogens with one attached hydrogen (secondary N) is 3. The van der Waals surface area contributed by atoms with Gasteiger partial charge in [0, 0.05) is 27.4 Å². The van der Waals surface area contributed by atoms with Crippen molar-refractivity contribution in [2.75, 3.05) is 17.7 Å². The number of carbonyl (C=O) groups excluding carboxylic acids is 2. The van der Waals surface area contributed by atoms with Crippen molar-refractivity contribution in [3.63, 3.8) is 0 Å². The highest BCUT2D eigenvalue weighted by molar-refractivity contribution is 7.99. The van der Waals surface area contributed by atoms with Crippen LogP contribution in [0.4, 0.5) is 29.3 Å². The summed E-state index contributed by atoms with van der Waals surface area (Å²) in [5.74, 6) is -0.478. The Morgan fingerprint density at radius 1 is 0.970 bits per heavy atom. The third kappa shape index (κ3) is 6.85. The molecule has 1 aromatic heterocycles. The summed E-state index contributed by atoms with van der Waals surface area (Å²) in [5.41, 5.74) is 1.71. The van der Waals surface area contributed by atoms with Crippen molar-refractivity contribution in [1.29, 1.82) is 0 Å². The molecule has 0 atom stereocenters. The lowest BCUT2D eigenvalue weighted by atomic mass is 10.2. The number of nitrogens with zero attached hydrogens (tertiary/aromatic N) is 1. The first-order chi connectivity index (χ1) is 15.7. The zero-order valence-corrected chi connectivity index (χ0v) is 18.4. The van der Waals surface area contributed by atoms with Gasteiger partial charge in [0.1, 0.15) is 5.69 Å². The van der Waals surface area contributed by atoms with Gasteiger partial charge in [-0.15, -0.1) is 0 Å². The number of hydroxylamine groups is 1. The van der Waals surface area contributed by atoms with Crippen LogP contribution in [0.5, 0.6) is 0 Å². The van der Waals surface area contributed by atoms with Crippen molar-refractivity contribution >= 4 is 46.7 Å². The molecule has 3 N–H and O–H groups in total. The third-order valence-corrected chi connectivity index (χ3v) is 5.36. The lowest BCUT2D eigenvalue weighted by molar-refractivity contribution is -0.137. The minimum Gasteiger partial charge on any atom is -0.308 e. The van der Waals surface area contributed by atoms with E-state index in [1.807, 2.05) is 0 Å². The van der Waals surface area contributed by atoms with Crippen LogP contribution in [-0.2, 0) is 11.0 Å². The van der Waals surface area contributed by atoms with E-state index in [-0.39, 0.29) is 11.4 Å². The molecule has 0 spiro atoms. The number of hydrogen-bond donors (Lipinski definition) is 3. The van der Waals surface area contributed by atoms with Gasteiger partial charge in [-0.25, -0.2) is 10.3 Å². The molecule has 0 aliphatic rings. The lowest BCUT2D eigenvalue weighted by Gasteiger charge is -2.12. The number of halogens is 4. The molecule has 3 aromatic rings. The van der Waals surface area contributed by atoms with Gasteiger partial charge < -0.3 is 10.6 Å². The number of pyridine rings is 1. The van der Waals surface area contributed by atoms with Gasteiger partial charge in [0.2, 0.25) is 0 Å². The standard InChI is InChI=1S/C21H16ClF3N4O3S/c1-32-29-19(30)18-11-15(8-9-26-18)33-14-5-2-12(3-6-14)27-20(31)28-13-4-7-17(22)16(10-13)21(23,24)25/h2-11H,1H3,(H,29,30)(H2,27,28,31). The second kappa shape index (κ2) is 10.6. The van der Waals surface area contributed by atoms with Crippen molar-refractivity contribution in [3.05, 3.63) is 77.1 Å². The number of carbonyl (C=O) groups is 2. The monoisotopic (exact) mass is 496 g/mol. The highest BCUT2D eigenvalue weighted by Gasteiger charge is 2.33. The van der Waals surface area contributed by atoms with Gasteiger partial charge in [-0.3, -0.25) is 14.6 Å². The molecule has 0 unspecified atom stereocenters. The Balaban J connectivity index is 1.61. The molecule has 3 amide bonds. The summed E-state index contributed by atoms with van der Waals surface area (Å²) in [7, 11) is 1.32. The second-order valence-corrected chi connectivity index (χ2v) is 7.96. The first-order valence-electron chi connectivity index (χ1n) is 9.18. The van der Waals surface area contributed by atoms with E-state index in [9.17, 15) is 22.8 Å². The molecule has 172 valence electrons. The number of anilines is 2. The van der Waals surface area contributed by atoms with Crippen LogP contribution in [0, 0.1) is 0 Å². The highest BCUT2D eigenvalue weighted by atomic mass is 35.5. The van der Waals surface area contributed by atoms with E-state index in [1.165, 1.54) is 31.1 Å². The summed E-state index contributed by atoms with van der Waals surface area (Å²) in [6.07, 6.45) is -3.14. The smallest absolute Gasteiger partial charge is 0.308 e. The maximum absolute atomic E-state index is 13.0. The molecule has 3 rings (SSSR count). The molecule has 0 saturated carbocycles. The summed E-state index contributed by atoms with van der Waals surface area (Å²) in [4.78, 5) is 34.1. The molecule has 0 radical (unpaired) electrons. The van der Waals surface area contributed by atoms with Gasteiger partial charge in [0.25, 0.3) is 5.91 Å². The predicted molar refractivity (Wildman–Crippen MR) is 118 cm³/mol. The van der Waals surface area contributed by atoms with E-state index < -0.39 is 28.7 Å². The van der Waals surface area contributed by atoms with Crippen LogP contribution in [-0.4, -0.2) is 24.0 Å². The molecule has 0 fully saturated rings. The van der Waals surface area contributed by atoms with Crippen LogP contribution in [0.15, 0.2) is 70.6 Å². The fourth-order valence-electron chi connectivity index (χ4n) is 2.60. The number of amides is 3. The van der Waals surface area contributed by atoms with Crippen molar-refractivity contribution in [2.45, 2.75) is 16.0 Å². The molecule has 0 bridgehead atoms. The number of rotatable bonds is 6. The minimum absolute atomic E-state index is 0.0533. The van der Waals surface area contributed by atoms with Crippen molar-refractivity contribution in [3.8, 4) is 0 Å². The van der Waals surface area contributed by atoms with E-state index in [4.69, 9.17) is 11.6 Å². The zero-order chi connectivity index (χ0) is 24.0. The number of urea groups is 1. The van der Waals surface area contributed by atoms with Crippen molar-refractivity contribution in [1.82, 2.24) is 10.5 Å². The van der Waals surface area contributed by atoms with Gasteiger partial charge in [-0.2, -0.15) is 13.2 Å². The second-order valence-electron chi connectivity index (χ2n) is 6.41. The van der Waals surface area contributed by atoms with Gasteiger partial charge in [-0.05, 0) is 54.6 Å². The Kier molecular flexibility index (Phi) is 7.79. The molecular formula is C21H16ClF3N4O3S. The molecule has 12 heteroatoms. The van der Waals surface area contributed by atoms with Crippen LogP contribution in [0.25, 0.3) is 0 Å². The van der Waals surface area contributed by atoms with E-state index in [2.05, 4.69) is 25.9 Å². The van der Waals surface area contributed by atoms with Gasteiger partial charge >= 0.3 is 12.2 Å². The Hall–Kier alpha value is -3.28. The summed E-state index contributed by atoms with van der Waals surface area (Å²) < 4.78 is 38.9. The molecule has 2 aromatic carbocycles. The molecule has 33 heavy (non-hydrogen) atoms. The largest absolute Gasteiger partial charge is 0.417 e. The first-order valence-corrected chi connectivity index (χ1v) is 10.4. The van der Waals surface area contributed by atoms with Gasteiger partial charge in [-0.1, -0.05) is 23.4 Å². The minimum atomic E-state index is -4.64. The SMILES string of the molecule is CONC(=O)c1cc(Sc2ccc(NC(=O)Nc3ccc(Cl)c(C(F)(F)F)c3)cc2)ccn1. The zero-order valence-electron chi connectivity index (χ0n) is 16.9. The normalized spacial score (nSPS) is 11.1. The van der Waals surface area contributed by atoms with Gasteiger partial charge in [0.15, 0.2) is 0 Å². The maximum atomic E-state index is 13.0. The number of aromatic nitrogens is 1. The molecule has 1 heterocycles. The topological polar surface area (TPSA) is 92.4 Å². The van der Waals surface area contributed by atoms with Crippen molar-refractivity contribution < 1.29 is 27.6 Å². The van der Waals surface area contributed by atoms with Crippen LogP contribution >= 0.6 is 23.4 Å². The number of benzene rings is 2. The molecule has 0 aliphatic heterocycles. The lowest BCUT2D eigenvalue weighted by Crippen LogP contribution is -2.22. The quantitative estimate of drug-likeness (QED) is 0.373. The third-order valence-electron chi connectivity index (χ3n) is 4.04. The Labute approximate surface area is 195 Å². The molecule has 0 aliphatic carbocycles. The maximum Gasteiger partial charge on any atom is 0.417 e. The summed E-state index contributed by atoms with van der Waals surface area (Å²) in [6, 6.07) is 12.4. The summed E-state index contributed by atoms with van der Waals surface area (Å²) >= 11 is 6.94. The van der Waals surface area contributed by atoms with Crippen LogP contribution in [0.1, 0.15) is 16.1 Å². The Morgan fingerprint density at radius 3 is 2.30 bits per heavy atom. The van der Waals surface area contributed by atoms with Crippen molar-refractivity contribution in [2.24, 2.45) is 0 Å². The van der Waals surface area contributed by atoms with Crippen LogP contribution in [0.3, 0.4) is 0 Å². The highest BCUT2D eigenvalue weighted by Crippen LogP contribution is 2.36. The van der Waals surface area contributed by atoms with E-state index in [0.717, 1.165) is 21.9 Å². The summed E-state index contributed by atoms with van der Waals surface area (Å²) in [6.45, 7) is 0. The van der Waals surface area contributed by atoms with Crippen LogP contribution in [0.2, 0.25) is 5.02 Å². The Bertz CT molecular complexity index is 1160. The average molecular weight is 497 g/mol. The fourth-order valence-corrected chi connectivity index (χ4v) is 3.67. The van der Waals surface area contributed by atoms with Crippen LogP contribution < -0.4 is 16.1 Å². The fraction of sp³-hybridized carbons (Fsp3) is 0.0952. The summed E-state index contributed by atoms with van der Waals surface area (Å²) in [5, 5.41) is 4.43.